The average molecular weight is 338 g/mol. The molecule has 0 aromatic rings. The number of nitrogens with zero attached hydrogens (tertiary/aromatic N) is 2. The number of ether oxygens (including phenoxy) is 1. The Morgan fingerprint density at radius 2 is 1.75 bits per heavy atom. The minimum atomic E-state index is -0.152. The van der Waals surface area contributed by atoms with Crippen LogP contribution in [0, 0.1) is 0 Å². The molecule has 0 aromatic carbocycles. The molecule has 3 rings (SSSR count). The highest BCUT2D eigenvalue weighted by molar-refractivity contribution is 5.74. The lowest BCUT2D eigenvalue weighted by atomic mass is 9.98. The van der Waals surface area contributed by atoms with Gasteiger partial charge in [0.15, 0.2) is 0 Å². The highest BCUT2D eigenvalue weighted by Gasteiger charge is 2.43. The molecule has 7 nitrogen and oxygen atoms in total. The van der Waals surface area contributed by atoms with Crippen molar-refractivity contribution in [1.82, 2.24) is 20.4 Å². The lowest BCUT2D eigenvalue weighted by Crippen LogP contribution is -2.52. The second-order valence-electron chi connectivity index (χ2n) is 7.04. The van der Waals surface area contributed by atoms with Gasteiger partial charge in [-0.15, -0.1) is 0 Å². The van der Waals surface area contributed by atoms with E-state index in [0.29, 0.717) is 31.3 Å². The molecule has 3 aliphatic rings. The molecule has 3 aliphatic heterocycles. The third-order valence-electron chi connectivity index (χ3n) is 5.44. The van der Waals surface area contributed by atoms with Gasteiger partial charge in [0.2, 0.25) is 0 Å². The number of hydrogen-bond acceptors (Lipinski definition) is 4. The Morgan fingerprint density at radius 3 is 2.38 bits per heavy atom. The molecule has 7 heteroatoms. The van der Waals surface area contributed by atoms with Crippen LogP contribution >= 0.6 is 0 Å². The van der Waals surface area contributed by atoms with E-state index in [2.05, 4.69) is 10.6 Å². The number of rotatable bonds is 5. The summed E-state index contributed by atoms with van der Waals surface area (Å²) in [7, 11) is 0. The topological polar surface area (TPSA) is 73.9 Å². The number of likely N-dealkylation sites (tertiary alicyclic amines) is 1. The van der Waals surface area contributed by atoms with Gasteiger partial charge in [0.05, 0.1) is 6.61 Å². The van der Waals surface area contributed by atoms with Crippen molar-refractivity contribution in [3.63, 3.8) is 0 Å². The van der Waals surface area contributed by atoms with Crippen molar-refractivity contribution in [2.45, 2.75) is 63.6 Å². The summed E-state index contributed by atoms with van der Waals surface area (Å²) < 4.78 is 5.19. The first-order chi connectivity index (χ1) is 11.7. The zero-order chi connectivity index (χ0) is 16.9. The molecule has 2 N–H and O–H groups in total. The van der Waals surface area contributed by atoms with Crippen LogP contribution in [0.5, 0.6) is 0 Å². The number of carbonyl (C=O) groups is 2. The maximum atomic E-state index is 12.1. The normalized spacial score (nSPS) is 29.0. The Kier molecular flexibility index (Phi) is 5.81. The first kappa shape index (κ1) is 17.3. The van der Waals surface area contributed by atoms with Crippen molar-refractivity contribution in [2.75, 3.05) is 32.8 Å². The van der Waals surface area contributed by atoms with E-state index in [9.17, 15) is 9.59 Å². The molecule has 1 unspecified atom stereocenters. The fraction of sp³-hybridized carbons (Fsp3) is 0.882. The molecule has 0 aliphatic carbocycles. The fourth-order valence-corrected chi connectivity index (χ4v) is 4.32. The van der Waals surface area contributed by atoms with Gasteiger partial charge in [0.25, 0.3) is 0 Å². The van der Waals surface area contributed by atoms with E-state index in [0.717, 1.165) is 58.2 Å². The number of fused-ring (bicyclic) bond motifs is 2. The van der Waals surface area contributed by atoms with Gasteiger partial charge in [-0.3, -0.25) is 0 Å². The number of urea groups is 1. The van der Waals surface area contributed by atoms with Crippen molar-refractivity contribution in [1.29, 1.82) is 0 Å². The van der Waals surface area contributed by atoms with Crippen molar-refractivity contribution >= 4 is 12.1 Å². The van der Waals surface area contributed by atoms with Gasteiger partial charge in [-0.1, -0.05) is 0 Å². The number of nitrogens with one attached hydrogen (secondary N) is 2. The minimum Gasteiger partial charge on any atom is -0.450 e. The largest absolute Gasteiger partial charge is 0.450 e. The molecule has 0 aromatic heterocycles. The average Bonchev–Trinajstić information content (AvgIpc) is 3.19. The van der Waals surface area contributed by atoms with Crippen molar-refractivity contribution in [2.24, 2.45) is 0 Å². The van der Waals surface area contributed by atoms with Crippen LogP contribution in [0.25, 0.3) is 0 Å². The zero-order valence-electron chi connectivity index (χ0n) is 14.6. The molecule has 3 atom stereocenters. The Bertz CT molecular complexity index is 439. The van der Waals surface area contributed by atoms with Crippen LogP contribution in [-0.4, -0.2) is 72.8 Å². The van der Waals surface area contributed by atoms with Crippen molar-refractivity contribution in [3.8, 4) is 0 Å². The van der Waals surface area contributed by atoms with Crippen LogP contribution in [0.4, 0.5) is 9.59 Å². The molecule has 3 amide bonds. The van der Waals surface area contributed by atoms with Crippen LogP contribution in [-0.2, 0) is 4.74 Å². The maximum Gasteiger partial charge on any atom is 0.410 e. The lowest BCUT2D eigenvalue weighted by Gasteiger charge is -2.38. The molecule has 3 saturated heterocycles. The Hall–Kier alpha value is -1.50. The van der Waals surface area contributed by atoms with Crippen LogP contribution < -0.4 is 10.6 Å². The molecule has 0 saturated carbocycles. The van der Waals surface area contributed by atoms with E-state index in [1.165, 1.54) is 0 Å². The van der Waals surface area contributed by atoms with Gasteiger partial charge in [0.1, 0.15) is 0 Å². The number of carbonyl (C=O) groups excluding carboxylic acids is 2. The summed E-state index contributed by atoms with van der Waals surface area (Å²) in [4.78, 5) is 27.8. The van der Waals surface area contributed by atoms with Gasteiger partial charge >= 0.3 is 12.1 Å². The summed E-state index contributed by atoms with van der Waals surface area (Å²) in [5.41, 5.74) is 0. The summed E-state index contributed by atoms with van der Waals surface area (Å²) >= 11 is 0. The molecule has 0 spiro atoms. The quantitative estimate of drug-likeness (QED) is 0.746. The number of piperidine rings is 1. The summed E-state index contributed by atoms with van der Waals surface area (Å²) in [5, 5.41) is 6.53. The van der Waals surface area contributed by atoms with Gasteiger partial charge < -0.3 is 25.2 Å². The van der Waals surface area contributed by atoms with Gasteiger partial charge in [-0.25, -0.2) is 9.59 Å². The van der Waals surface area contributed by atoms with E-state index in [4.69, 9.17) is 4.74 Å². The first-order valence-electron chi connectivity index (χ1n) is 9.40. The highest BCUT2D eigenvalue weighted by Crippen LogP contribution is 2.36. The molecular formula is C17H30N4O3. The number of hydrogen-bond donors (Lipinski definition) is 2. The smallest absolute Gasteiger partial charge is 0.410 e. The summed E-state index contributed by atoms with van der Waals surface area (Å²) in [6.45, 7) is 5.49. The summed E-state index contributed by atoms with van der Waals surface area (Å²) in [6.07, 6.45) is 6.20. The molecule has 3 fully saturated rings. The summed E-state index contributed by atoms with van der Waals surface area (Å²) in [6, 6.07) is 1.10. The van der Waals surface area contributed by atoms with Crippen LogP contribution in [0.3, 0.4) is 0 Å². The van der Waals surface area contributed by atoms with E-state index in [1.807, 2.05) is 16.7 Å². The zero-order valence-corrected chi connectivity index (χ0v) is 14.6. The Balaban J connectivity index is 1.36. The Labute approximate surface area is 144 Å². The third kappa shape index (κ3) is 3.94. The van der Waals surface area contributed by atoms with E-state index < -0.39 is 0 Å². The van der Waals surface area contributed by atoms with Crippen molar-refractivity contribution in [3.05, 3.63) is 0 Å². The highest BCUT2D eigenvalue weighted by atomic mass is 16.6. The molecule has 136 valence electrons. The molecule has 0 radical (unpaired) electrons. The predicted molar refractivity (Wildman–Crippen MR) is 90.9 cm³/mol. The molecule has 2 bridgehead atoms. The maximum absolute atomic E-state index is 12.1. The predicted octanol–water partition coefficient (Wildman–Crippen LogP) is 1.53. The van der Waals surface area contributed by atoms with Crippen LogP contribution in [0.1, 0.15) is 45.4 Å². The van der Waals surface area contributed by atoms with E-state index in [-0.39, 0.29) is 12.1 Å². The van der Waals surface area contributed by atoms with E-state index in [1.54, 1.807) is 0 Å². The second kappa shape index (κ2) is 8.05. The first-order valence-corrected chi connectivity index (χ1v) is 9.40. The molecular weight excluding hydrogens is 308 g/mol. The van der Waals surface area contributed by atoms with Crippen LogP contribution in [0.2, 0.25) is 0 Å². The minimum absolute atomic E-state index is 0.0616. The Morgan fingerprint density at radius 1 is 1.08 bits per heavy atom. The van der Waals surface area contributed by atoms with Gasteiger partial charge in [0, 0.05) is 44.3 Å². The number of amides is 3. The van der Waals surface area contributed by atoms with Gasteiger partial charge in [-0.2, -0.15) is 0 Å². The standard InChI is InChI=1S/C17H30N4O3/c1-2-24-17(23)21-14-5-6-15(21)12-13(11-14)18-7-8-19-16(22)20-9-3-4-10-20/h13-15,18H,2-12H2,1H3,(H,19,22)/t13?,14-,15+. The lowest BCUT2D eigenvalue weighted by molar-refractivity contribution is 0.0660. The van der Waals surface area contributed by atoms with Crippen molar-refractivity contribution < 1.29 is 14.3 Å². The molecule has 3 heterocycles. The monoisotopic (exact) mass is 338 g/mol. The second-order valence-corrected chi connectivity index (χ2v) is 7.04. The van der Waals surface area contributed by atoms with E-state index >= 15 is 0 Å². The summed E-state index contributed by atoms with van der Waals surface area (Å²) in [5.74, 6) is 0. The molecule has 24 heavy (non-hydrogen) atoms. The fourth-order valence-electron chi connectivity index (χ4n) is 4.32. The SMILES string of the molecule is CCOC(=O)N1[C@@H]2CC[C@H]1CC(NCCNC(=O)N1CCCC1)C2. The third-order valence-corrected chi connectivity index (χ3v) is 5.44. The van der Waals surface area contributed by atoms with Crippen LogP contribution in [0.15, 0.2) is 0 Å². The van der Waals surface area contributed by atoms with Gasteiger partial charge in [-0.05, 0) is 45.4 Å².